The quantitative estimate of drug-likeness (QED) is 0.424. The molecule has 0 aliphatic heterocycles. The van der Waals surface area contributed by atoms with Gasteiger partial charge in [0.2, 0.25) is 5.91 Å². The van der Waals surface area contributed by atoms with Gasteiger partial charge in [-0.3, -0.25) is 4.79 Å². The number of hydrogen-bond acceptors (Lipinski definition) is 4. The van der Waals surface area contributed by atoms with E-state index in [1.807, 2.05) is 61.7 Å². The van der Waals surface area contributed by atoms with Crippen LogP contribution in [0.15, 0.2) is 60.8 Å². The number of carbonyl (C=O) groups is 1. The highest BCUT2D eigenvalue weighted by Gasteiger charge is 2.17. The molecule has 1 amide bonds. The SMILES string of the molecule is C[C@H](N)c1nc(-c2ccccc2)nn1CC(=O)NCCc1c[nH]c2ccccc12.Cl. The summed E-state index contributed by atoms with van der Waals surface area (Å²) in [5.41, 5.74) is 9.22. The number of rotatable bonds is 7. The van der Waals surface area contributed by atoms with Gasteiger partial charge in [-0.05, 0) is 25.0 Å². The predicted molar refractivity (Wildman–Crippen MR) is 120 cm³/mol. The Morgan fingerprint density at radius 1 is 1.17 bits per heavy atom. The van der Waals surface area contributed by atoms with Crippen LogP contribution in [0.4, 0.5) is 0 Å². The number of carbonyl (C=O) groups excluding carboxylic acids is 1. The lowest BCUT2D eigenvalue weighted by molar-refractivity contribution is -0.121. The minimum atomic E-state index is -0.320. The van der Waals surface area contributed by atoms with Crippen LogP contribution < -0.4 is 11.1 Å². The second kappa shape index (κ2) is 9.56. The van der Waals surface area contributed by atoms with Crippen LogP contribution in [0.1, 0.15) is 24.4 Å². The van der Waals surface area contributed by atoms with Gasteiger partial charge in [-0.25, -0.2) is 9.67 Å². The largest absolute Gasteiger partial charge is 0.361 e. The minimum absolute atomic E-state index is 0. The topological polar surface area (TPSA) is 102 Å². The zero-order valence-electron chi connectivity index (χ0n) is 16.7. The molecule has 0 saturated carbocycles. The van der Waals surface area contributed by atoms with Crippen molar-refractivity contribution in [2.24, 2.45) is 5.73 Å². The molecule has 30 heavy (non-hydrogen) atoms. The summed E-state index contributed by atoms with van der Waals surface area (Å²) in [4.78, 5) is 20.3. The van der Waals surface area contributed by atoms with Crippen LogP contribution in [-0.4, -0.2) is 32.2 Å². The van der Waals surface area contributed by atoms with Crippen molar-refractivity contribution >= 4 is 29.2 Å². The number of aromatic amines is 1. The Balaban J connectivity index is 0.00000256. The number of nitrogens with one attached hydrogen (secondary N) is 2. The maximum absolute atomic E-state index is 12.5. The van der Waals surface area contributed by atoms with Crippen LogP contribution in [0, 0.1) is 0 Å². The lowest BCUT2D eigenvalue weighted by Gasteiger charge is -2.09. The zero-order valence-corrected chi connectivity index (χ0v) is 17.5. The standard InChI is InChI=1S/C22H24N6O.ClH/c1-15(23)22-26-21(16-7-3-2-4-8-16)27-28(22)14-20(29)24-12-11-17-13-25-19-10-6-5-9-18(17)19;/h2-10,13,15,25H,11-12,14,23H2,1H3,(H,24,29);1H/t15-;/m0./s1. The fraction of sp³-hybridized carbons (Fsp3) is 0.227. The van der Waals surface area contributed by atoms with Crippen LogP contribution in [0.5, 0.6) is 0 Å². The Morgan fingerprint density at radius 2 is 1.90 bits per heavy atom. The number of amides is 1. The highest BCUT2D eigenvalue weighted by molar-refractivity contribution is 5.85. The number of nitrogens with two attached hydrogens (primary N) is 1. The van der Waals surface area contributed by atoms with Crippen molar-refractivity contribution in [2.45, 2.75) is 25.9 Å². The third kappa shape index (κ3) is 4.69. The number of hydrogen-bond donors (Lipinski definition) is 3. The van der Waals surface area contributed by atoms with Gasteiger partial charge >= 0.3 is 0 Å². The van der Waals surface area contributed by atoms with Crippen molar-refractivity contribution in [3.05, 3.63) is 72.2 Å². The molecule has 2 heterocycles. The van der Waals surface area contributed by atoms with Crippen molar-refractivity contribution in [1.82, 2.24) is 25.1 Å². The van der Waals surface area contributed by atoms with Crippen molar-refractivity contribution in [3.8, 4) is 11.4 Å². The number of fused-ring (bicyclic) bond motifs is 1. The van der Waals surface area contributed by atoms with Gasteiger partial charge in [0.1, 0.15) is 12.4 Å². The first-order valence-electron chi connectivity index (χ1n) is 9.69. The number of nitrogens with zero attached hydrogens (tertiary/aromatic N) is 3. The summed E-state index contributed by atoms with van der Waals surface area (Å²) in [6.07, 6.45) is 2.75. The first-order chi connectivity index (χ1) is 14.1. The molecule has 4 aromatic rings. The fourth-order valence-corrected chi connectivity index (χ4v) is 3.38. The van der Waals surface area contributed by atoms with E-state index in [4.69, 9.17) is 5.73 Å². The summed E-state index contributed by atoms with van der Waals surface area (Å²) in [6.45, 7) is 2.48. The van der Waals surface area contributed by atoms with Gasteiger partial charge in [-0.2, -0.15) is 5.10 Å². The molecular weight excluding hydrogens is 400 g/mol. The van der Waals surface area contributed by atoms with Crippen LogP contribution in [0.2, 0.25) is 0 Å². The van der Waals surface area contributed by atoms with Gasteiger partial charge < -0.3 is 16.0 Å². The molecule has 0 saturated heterocycles. The van der Waals surface area contributed by atoms with E-state index in [-0.39, 0.29) is 30.9 Å². The molecule has 0 aliphatic rings. The Hall–Kier alpha value is -3.16. The van der Waals surface area contributed by atoms with E-state index >= 15 is 0 Å². The van der Waals surface area contributed by atoms with Crippen LogP contribution in [0.25, 0.3) is 22.3 Å². The molecule has 2 aromatic carbocycles. The van der Waals surface area contributed by atoms with E-state index in [0.29, 0.717) is 18.2 Å². The highest BCUT2D eigenvalue weighted by Crippen LogP contribution is 2.19. The monoisotopic (exact) mass is 424 g/mol. The predicted octanol–water partition coefficient (Wildman–Crippen LogP) is 3.23. The Bertz CT molecular complexity index is 1120. The van der Waals surface area contributed by atoms with E-state index in [1.54, 1.807) is 4.68 Å². The lowest BCUT2D eigenvalue weighted by Crippen LogP contribution is -2.31. The summed E-state index contributed by atoms with van der Waals surface area (Å²) in [5, 5.41) is 8.65. The van der Waals surface area contributed by atoms with E-state index in [9.17, 15) is 4.79 Å². The van der Waals surface area contributed by atoms with E-state index in [1.165, 1.54) is 10.9 Å². The molecule has 0 spiro atoms. The van der Waals surface area contributed by atoms with Gasteiger partial charge in [0.15, 0.2) is 5.82 Å². The lowest BCUT2D eigenvalue weighted by atomic mass is 10.1. The third-order valence-electron chi connectivity index (χ3n) is 4.82. The van der Waals surface area contributed by atoms with Crippen LogP contribution in [0.3, 0.4) is 0 Å². The average Bonchev–Trinajstić information content (AvgIpc) is 3.33. The Kier molecular flexibility index (Phi) is 6.87. The molecule has 4 rings (SSSR count). The highest BCUT2D eigenvalue weighted by atomic mass is 35.5. The normalized spacial score (nSPS) is 11.8. The molecular formula is C22H25ClN6O. The number of H-pyrrole nitrogens is 1. The number of halogens is 1. The summed E-state index contributed by atoms with van der Waals surface area (Å²) in [6, 6.07) is 17.5. The van der Waals surface area contributed by atoms with Gasteiger partial charge in [-0.15, -0.1) is 12.4 Å². The van der Waals surface area contributed by atoms with Gasteiger partial charge in [0.25, 0.3) is 0 Å². The number of para-hydroxylation sites is 1. The molecule has 1 atom stereocenters. The van der Waals surface area contributed by atoms with Gasteiger partial charge in [0.05, 0.1) is 6.04 Å². The van der Waals surface area contributed by atoms with E-state index in [2.05, 4.69) is 26.4 Å². The Morgan fingerprint density at radius 3 is 2.67 bits per heavy atom. The minimum Gasteiger partial charge on any atom is -0.361 e. The first-order valence-corrected chi connectivity index (χ1v) is 9.69. The zero-order chi connectivity index (χ0) is 20.2. The molecule has 0 aliphatic carbocycles. The number of aromatic nitrogens is 4. The molecule has 0 radical (unpaired) electrons. The molecule has 0 fully saturated rings. The third-order valence-corrected chi connectivity index (χ3v) is 4.82. The van der Waals surface area contributed by atoms with Gasteiger partial charge in [0, 0.05) is 29.2 Å². The maximum atomic E-state index is 12.5. The fourth-order valence-electron chi connectivity index (χ4n) is 3.38. The van der Waals surface area contributed by atoms with Crippen LogP contribution in [-0.2, 0) is 17.8 Å². The van der Waals surface area contributed by atoms with Crippen molar-refractivity contribution in [1.29, 1.82) is 0 Å². The second-order valence-electron chi connectivity index (χ2n) is 7.07. The van der Waals surface area contributed by atoms with Crippen molar-refractivity contribution in [2.75, 3.05) is 6.54 Å². The molecule has 156 valence electrons. The molecule has 0 bridgehead atoms. The summed E-state index contributed by atoms with van der Waals surface area (Å²) < 4.78 is 1.59. The summed E-state index contributed by atoms with van der Waals surface area (Å²) in [5.74, 6) is 1.05. The van der Waals surface area contributed by atoms with Crippen molar-refractivity contribution < 1.29 is 4.79 Å². The molecule has 0 unspecified atom stereocenters. The van der Waals surface area contributed by atoms with E-state index in [0.717, 1.165) is 17.5 Å². The summed E-state index contributed by atoms with van der Waals surface area (Å²) in [7, 11) is 0. The van der Waals surface area contributed by atoms with Crippen LogP contribution >= 0.6 is 12.4 Å². The maximum Gasteiger partial charge on any atom is 0.241 e. The smallest absolute Gasteiger partial charge is 0.241 e. The van der Waals surface area contributed by atoms with Crippen molar-refractivity contribution in [3.63, 3.8) is 0 Å². The first kappa shape index (κ1) is 21.5. The van der Waals surface area contributed by atoms with Gasteiger partial charge in [-0.1, -0.05) is 48.5 Å². The second-order valence-corrected chi connectivity index (χ2v) is 7.07. The Labute approximate surface area is 181 Å². The molecule has 7 nitrogen and oxygen atoms in total. The molecule has 4 N–H and O–H groups in total. The summed E-state index contributed by atoms with van der Waals surface area (Å²) >= 11 is 0. The molecule has 8 heteroatoms. The average molecular weight is 425 g/mol. The molecule has 2 aromatic heterocycles. The number of benzene rings is 2. The van der Waals surface area contributed by atoms with E-state index < -0.39 is 0 Å².